The number of Topliss-reactive ketones (excluding diaryl/α,β-unsaturated/α-hetero) is 1. The van der Waals surface area contributed by atoms with Crippen LogP contribution in [0.15, 0.2) is 5.38 Å². The number of hydrogen-bond donors (Lipinski definition) is 1. The minimum Gasteiger partial charge on any atom is -0.367 e. The van der Waals surface area contributed by atoms with Crippen LogP contribution in [-0.4, -0.2) is 30.5 Å². The topological polar surface area (TPSA) is 57.6 Å². The van der Waals surface area contributed by atoms with Crippen LogP contribution in [-0.2, 0) is 0 Å². The predicted octanol–water partition coefficient (Wildman–Crippen LogP) is 0.512. The van der Waals surface area contributed by atoms with Gasteiger partial charge >= 0.3 is 0 Å². The molecule has 13 heavy (non-hydrogen) atoms. The molecule has 0 bridgehead atoms. The van der Waals surface area contributed by atoms with E-state index in [2.05, 4.69) is 0 Å². The maximum atomic E-state index is 11.4. The zero-order chi connectivity index (χ0) is 9.59. The van der Waals surface area contributed by atoms with Gasteiger partial charge in [-0.2, -0.15) is 0 Å². The zero-order valence-corrected chi connectivity index (χ0v) is 7.67. The average Bonchev–Trinajstić information content (AvgIpc) is 2.64. The van der Waals surface area contributed by atoms with Crippen molar-refractivity contribution in [2.45, 2.75) is 6.23 Å². The van der Waals surface area contributed by atoms with Crippen LogP contribution in [0.2, 0.25) is 0 Å². The largest absolute Gasteiger partial charge is 0.367 e. The van der Waals surface area contributed by atoms with E-state index >= 15 is 0 Å². The van der Waals surface area contributed by atoms with Gasteiger partial charge in [0, 0.05) is 12.4 Å². The molecule has 2 heterocycles. The second-order valence-electron chi connectivity index (χ2n) is 2.83. The minimum absolute atomic E-state index is 0.356. The number of hydrogen-bond acceptors (Lipinski definition) is 5. The molecule has 0 spiro atoms. The number of ketones is 1. The van der Waals surface area contributed by atoms with Crippen molar-refractivity contribution in [2.75, 3.05) is 11.9 Å². The maximum Gasteiger partial charge on any atom is 0.215 e. The molecule has 1 N–H and O–H groups in total. The summed E-state index contributed by atoms with van der Waals surface area (Å²) in [5, 5.41) is 11.1. The highest BCUT2D eigenvalue weighted by molar-refractivity contribution is 7.12. The Morgan fingerprint density at radius 2 is 2.38 bits per heavy atom. The van der Waals surface area contributed by atoms with Crippen LogP contribution in [0.5, 0.6) is 0 Å². The van der Waals surface area contributed by atoms with E-state index < -0.39 is 6.23 Å². The Morgan fingerprint density at radius 3 is 3.00 bits per heavy atom. The standard InChI is InChI=1S/C8H7NO3S/c1-9-4-3-13-5(2-10)6(4)7(11)8(9)12/h2-3,8,12H,1H3. The number of anilines is 1. The van der Waals surface area contributed by atoms with E-state index in [-0.39, 0.29) is 5.78 Å². The molecule has 1 aliphatic rings. The van der Waals surface area contributed by atoms with Crippen molar-refractivity contribution in [3.8, 4) is 0 Å². The van der Waals surface area contributed by atoms with Crippen molar-refractivity contribution in [3.05, 3.63) is 15.8 Å². The van der Waals surface area contributed by atoms with Crippen molar-refractivity contribution < 1.29 is 14.7 Å². The summed E-state index contributed by atoms with van der Waals surface area (Å²) in [7, 11) is 1.62. The van der Waals surface area contributed by atoms with Crippen molar-refractivity contribution in [3.63, 3.8) is 0 Å². The number of thiophene rings is 1. The summed E-state index contributed by atoms with van der Waals surface area (Å²) < 4.78 is 0. The Hall–Kier alpha value is -1.20. The van der Waals surface area contributed by atoms with Crippen LogP contribution < -0.4 is 4.90 Å². The summed E-state index contributed by atoms with van der Waals surface area (Å²) >= 11 is 1.22. The summed E-state index contributed by atoms with van der Waals surface area (Å²) in [4.78, 5) is 23.8. The number of aliphatic hydroxyl groups excluding tert-OH is 1. The molecule has 1 aromatic heterocycles. The fourth-order valence-corrected chi connectivity index (χ4v) is 2.30. The summed E-state index contributed by atoms with van der Waals surface area (Å²) in [6.07, 6.45) is -0.482. The average molecular weight is 197 g/mol. The molecule has 2 rings (SSSR count). The van der Waals surface area contributed by atoms with Gasteiger partial charge in [0.05, 0.1) is 16.1 Å². The van der Waals surface area contributed by atoms with Gasteiger partial charge in [0.25, 0.3) is 0 Å². The van der Waals surface area contributed by atoms with Gasteiger partial charge < -0.3 is 10.0 Å². The number of likely N-dealkylation sites (N-methyl/N-ethyl adjacent to an activating group) is 1. The van der Waals surface area contributed by atoms with E-state index in [1.54, 1.807) is 12.4 Å². The number of fused-ring (bicyclic) bond motifs is 1. The van der Waals surface area contributed by atoms with Gasteiger partial charge in [-0.05, 0) is 0 Å². The molecule has 1 aromatic rings. The second-order valence-corrected chi connectivity index (χ2v) is 3.74. The normalized spacial score (nSPS) is 20.6. The zero-order valence-electron chi connectivity index (χ0n) is 6.85. The molecule has 0 saturated heterocycles. The highest BCUT2D eigenvalue weighted by atomic mass is 32.1. The molecule has 1 unspecified atom stereocenters. The molecule has 5 heteroatoms. The molecular weight excluding hydrogens is 190 g/mol. The molecule has 68 valence electrons. The molecular formula is C8H7NO3S. The lowest BCUT2D eigenvalue weighted by molar-refractivity contribution is 0.0776. The van der Waals surface area contributed by atoms with E-state index in [0.717, 1.165) is 0 Å². The summed E-state index contributed by atoms with van der Waals surface area (Å²) in [5.41, 5.74) is 1.000. The monoisotopic (exact) mass is 197 g/mol. The Labute approximate surface area is 78.4 Å². The number of rotatable bonds is 1. The van der Waals surface area contributed by atoms with Gasteiger partial charge in [-0.3, -0.25) is 9.59 Å². The lowest BCUT2D eigenvalue weighted by Gasteiger charge is -2.14. The van der Waals surface area contributed by atoms with Crippen LogP contribution >= 0.6 is 11.3 Å². The van der Waals surface area contributed by atoms with Gasteiger partial charge in [0.1, 0.15) is 0 Å². The van der Waals surface area contributed by atoms with Gasteiger partial charge in [-0.15, -0.1) is 11.3 Å². The molecule has 4 nitrogen and oxygen atoms in total. The minimum atomic E-state index is -1.13. The van der Waals surface area contributed by atoms with E-state index in [1.165, 1.54) is 16.2 Å². The fourth-order valence-electron chi connectivity index (χ4n) is 1.39. The van der Waals surface area contributed by atoms with Gasteiger partial charge in [0.15, 0.2) is 12.5 Å². The van der Waals surface area contributed by atoms with Crippen LogP contribution in [0.4, 0.5) is 5.69 Å². The van der Waals surface area contributed by atoms with Crippen LogP contribution in [0.3, 0.4) is 0 Å². The predicted molar refractivity (Wildman–Crippen MR) is 48.4 cm³/mol. The summed E-state index contributed by atoms with van der Waals surface area (Å²) in [6.45, 7) is 0. The Bertz CT molecular complexity index is 385. The summed E-state index contributed by atoms with van der Waals surface area (Å²) in [5.74, 6) is -0.388. The Balaban J connectivity index is 2.62. The maximum absolute atomic E-state index is 11.4. The first kappa shape index (κ1) is 8.40. The molecule has 1 atom stereocenters. The first-order valence-corrected chi connectivity index (χ1v) is 4.56. The highest BCUT2D eigenvalue weighted by Gasteiger charge is 2.36. The molecule has 0 aliphatic carbocycles. The number of carbonyl (C=O) groups is 2. The molecule has 0 aromatic carbocycles. The third-order valence-corrected chi connectivity index (χ3v) is 3.03. The van der Waals surface area contributed by atoms with Crippen LogP contribution in [0.25, 0.3) is 0 Å². The molecule has 0 radical (unpaired) electrons. The number of aldehydes is 1. The smallest absolute Gasteiger partial charge is 0.215 e. The van der Waals surface area contributed by atoms with Crippen LogP contribution in [0, 0.1) is 0 Å². The van der Waals surface area contributed by atoms with Crippen molar-refractivity contribution in [1.82, 2.24) is 0 Å². The highest BCUT2D eigenvalue weighted by Crippen LogP contribution is 2.36. The molecule has 1 aliphatic heterocycles. The second kappa shape index (κ2) is 2.65. The number of nitrogens with zero attached hydrogens (tertiary/aromatic N) is 1. The lowest BCUT2D eigenvalue weighted by Crippen LogP contribution is -2.31. The molecule has 0 saturated carbocycles. The van der Waals surface area contributed by atoms with Crippen molar-refractivity contribution in [1.29, 1.82) is 0 Å². The third-order valence-electron chi connectivity index (χ3n) is 2.13. The van der Waals surface area contributed by atoms with Gasteiger partial charge in [-0.25, -0.2) is 0 Å². The van der Waals surface area contributed by atoms with Gasteiger partial charge in [-0.1, -0.05) is 0 Å². The van der Waals surface area contributed by atoms with Crippen molar-refractivity contribution >= 4 is 29.1 Å². The molecule has 0 amide bonds. The van der Waals surface area contributed by atoms with E-state index in [1.807, 2.05) is 0 Å². The quantitative estimate of drug-likeness (QED) is 0.666. The third kappa shape index (κ3) is 0.942. The van der Waals surface area contributed by atoms with E-state index in [4.69, 9.17) is 0 Å². The van der Waals surface area contributed by atoms with Crippen molar-refractivity contribution in [2.24, 2.45) is 0 Å². The van der Waals surface area contributed by atoms with E-state index in [9.17, 15) is 14.7 Å². The molecule has 0 fully saturated rings. The first-order valence-electron chi connectivity index (χ1n) is 3.68. The SMILES string of the molecule is CN1c2csc(C=O)c2C(=O)C1O. The first-order chi connectivity index (χ1) is 6.16. The fraction of sp³-hybridized carbons (Fsp3) is 0.250. The summed E-state index contributed by atoms with van der Waals surface area (Å²) in [6, 6.07) is 0. The number of aliphatic hydroxyl groups is 1. The van der Waals surface area contributed by atoms with E-state index in [0.29, 0.717) is 22.4 Å². The van der Waals surface area contributed by atoms with Crippen LogP contribution in [0.1, 0.15) is 20.0 Å². The number of carbonyl (C=O) groups excluding carboxylic acids is 2. The van der Waals surface area contributed by atoms with Gasteiger partial charge in [0.2, 0.25) is 5.78 Å². The Morgan fingerprint density at radius 1 is 1.69 bits per heavy atom. The Kier molecular flexibility index (Phi) is 1.71. The lowest BCUT2D eigenvalue weighted by atomic mass is 10.2.